The van der Waals surface area contributed by atoms with Gasteiger partial charge in [-0.2, -0.15) is 0 Å². The number of carbonyl (C=O) groups excluding carboxylic acids is 1. The van der Waals surface area contributed by atoms with Crippen LogP contribution in [0, 0.1) is 11.8 Å². The molecule has 0 aromatic carbocycles. The maximum Gasteiger partial charge on any atom is 0.317 e. The Bertz CT molecular complexity index is 366. The van der Waals surface area contributed by atoms with E-state index in [9.17, 15) is 9.59 Å². The number of ether oxygens (including phenoxy) is 1. The summed E-state index contributed by atoms with van der Waals surface area (Å²) in [6.07, 6.45) is 1.59. The van der Waals surface area contributed by atoms with Crippen molar-refractivity contribution in [3.8, 4) is 0 Å². The van der Waals surface area contributed by atoms with E-state index in [-0.39, 0.29) is 17.5 Å². The zero-order valence-corrected chi connectivity index (χ0v) is 11.5. The van der Waals surface area contributed by atoms with Gasteiger partial charge in [0.15, 0.2) is 0 Å². The second-order valence-corrected chi connectivity index (χ2v) is 5.93. The molecule has 0 aliphatic carbocycles. The van der Waals surface area contributed by atoms with Gasteiger partial charge in [0.25, 0.3) is 0 Å². The molecule has 0 radical (unpaired) electrons. The zero-order valence-electron chi connectivity index (χ0n) is 11.5. The second-order valence-electron chi connectivity index (χ2n) is 5.93. The third kappa shape index (κ3) is 3.18. The van der Waals surface area contributed by atoms with Crippen LogP contribution in [-0.2, 0) is 9.53 Å². The average molecular weight is 270 g/mol. The summed E-state index contributed by atoms with van der Waals surface area (Å²) in [4.78, 5) is 24.9. The van der Waals surface area contributed by atoms with Gasteiger partial charge >= 0.3 is 12.0 Å². The summed E-state index contributed by atoms with van der Waals surface area (Å²) in [5.74, 6) is -1.26. The summed E-state index contributed by atoms with van der Waals surface area (Å²) in [6.45, 7) is 6.02. The molecule has 0 unspecified atom stereocenters. The minimum Gasteiger partial charge on any atom is -0.481 e. The first-order valence-electron chi connectivity index (χ1n) is 6.79. The van der Waals surface area contributed by atoms with Crippen molar-refractivity contribution >= 4 is 12.0 Å². The highest BCUT2D eigenvalue weighted by molar-refractivity contribution is 5.78. The minimum atomic E-state index is -0.819. The molecule has 2 heterocycles. The summed E-state index contributed by atoms with van der Waals surface area (Å²) in [5, 5.41) is 12.1. The van der Waals surface area contributed by atoms with E-state index < -0.39 is 11.9 Å². The van der Waals surface area contributed by atoms with E-state index in [0.717, 1.165) is 12.8 Å². The molecule has 108 valence electrons. The third-order valence-electron chi connectivity index (χ3n) is 4.22. The number of nitrogens with zero attached hydrogens (tertiary/aromatic N) is 1. The lowest BCUT2D eigenvalue weighted by molar-refractivity contribution is -0.142. The molecule has 19 heavy (non-hydrogen) atoms. The van der Waals surface area contributed by atoms with Crippen molar-refractivity contribution in [1.29, 1.82) is 0 Å². The predicted molar refractivity (Wildman–Crippen MR) is 68.9 cm³/mol. The Morgan fingerprint density at radius 1 is 1.32 bits per heavy atom. The molecular formula is C13H22N2O4. The number of carboxylic acid groups (broad SMARTS) is 1. The molecule has 0 aromatic rings. The number of carboxylic acids is 1. The topological polar surface area (TPSA) is 78.9 Å². The van der Waals surface area contributed by atoms with Gasteiger partial charge < -0.3 is 20.1 Å². The average Bonchev–Trinajstić information content (AvgIpc) is 2.72. The molecule has 2 saturated heterocycles. The van der Waals surface area contributed by atoms with Crippen LogP contribution < -0.4 is 5.32 Å². The SMILES string of the molecule is C[C@@H]1CN(C(=O)NC2(C)CCOCC2)C[C@H]1C(=O)O. The van der Waals surface area contributed by atoms with Crippen molar-refractivity contribution in [1.82, 2.24) is 10.2 Å². The second kappa shape index (κ2) is 5.36. The number of carbonyl (C=O) groups is 2. The van der Waals surface area contributed by atoms with Gasteiger partial charge in [-0.05, 0) is 25.7 Å². The first-order chi connectivity index (χ1) is 8.91. The number of nitrogens with one attached hydrogen (secondary N) is 1. The highest BCUT2D eigenvalue weighted by Gasteiger charge is 2.39. The maximum atomic E-state index is 12.2. The van der Waals surface area contributed by atoms with Gasteiger partial charge in [0.2, 0.25) is 0 Å². The Hall–Kier alpha value is -1.30. The van der Waals surface area contributed by atoms with Crippen molar-refractivity contribution in [3.63, 3.8) is 0 Å². The molecule has 2 atom stereocenters. The summed E-state index contributed by atoms with van der Waals surface area (Å²) >= 11 is 0. The number of urea groups is 1. The zero-order chi connectivity index (χ0) is 14.0. The quantitative estimate of drug-likeness (QED) is 0.782. The van der Waals surface area contributed by atoms with E-state index in [1.165, 1.54) is 0 Å². The van der Waals surface area contributed by atoms with Crippen LogP contribution in [0.2, 0.25) is 0 Å². The molecule has 2 rings (SSSR count). The third-order valence-corrected chi connectivity index (χ3v) is 4.22. The lowest BCUT2D eigenvalue weighted by atomic mass is 9.93. The van der Waals surface area contributed by atoms with E-state index in [2.05, 4.69) is 5.32 Å². The Labute approximate surface area is 113 Å². The molecular weight excluding hydrogens is 248 g/mol. The fourth-order valence-corrected chi connectivity index (χ4v) is 2.74. The van der Waals surface area contributed by atoms with Crippen molar-refractivity contribution in [2.75, 3.05) is 26.3 Å². The van der Waals surface area contributed by atoms with Gasteiger partial charge in [-0.3, -0.25) is 4.79 Å². The van der Waals surface area contributed by atoms with Crippen LogP contribution >= 0.6 is 0 Å². The molecule has 0 spiro atoms. The Morgan fingerprint density at radius 3 is 2.47 bits per heavy atom. The van der Waals surface area contributed by atoms with Crippen LogP contribution in [0.3, 0.4) is 0 Å². The Morgan fingerprint density at radius 2 is 1.95 bits per heavy atom. The number of likely N-dealkylation sites (tertiary alicyclic amines) is 1. The molecule has 2 amide bonds. The highest BCUT2D eigenvalue weighted by Crippen LogP contribution is 2.25. The lowest BCUT2D eigenvalue weighted by Gasteiger charge is -2.35. The van der Waals surface area contributed by atoms with Crippen LogP contribution in [0.4, 0.5) is 4.79 Å². The van der Waals surface area contributed by atoms with E-state index >= 15 is 0 Å². The summed E-state index contributed by atoms with van der Waals surface area (Å²) < 4.78 is 5.29. The van der Waals surface area contributed by atoms with Gasteiger partial charge in [-0.15, -0.1) is 0 Å². The molecule has 2 N–H and O–H groups in total. The molecule has 0 saturated carbocycles. The summed E-state index contributed by atoms with van der Waals surface area (Å²) in [7, 11) is 0. The van der Waals surface area contributed by atoms with Crippen molar-refractivity contribution in [2.24, 2.45) is 11.8 Å². The fourth-order valence-electron chi connectivity index (χ4n) is 2.74. The normalized spacial score (nSPS) is 30.1. The van der Waals surface area contributed by atoms with Crippen molar-refractivity contribution in [3.05, 3.63) is 0 Å². The first-order valence-corrected chi connectivity index (χ1v) is 6.79. The van der Waals surface area contributed by atoms with Crippen LogP contribution in [0.15, 0.2) is 0 Å². The monoisotopic (exact) mass is 270 g/mol. The minimum absolute atomic E-state index is 0.00532. The van der Waals surface area contributed by atoms with E-state index in [4.69, 9.17) is 9.84 Å². The van der Waals surface area contributed by atoms with Gasteiger partial charge in [0, 0.05) is 31.8 Å². The molecule has 2 aliphatic heterocycles. The number of aliphatic carboxylic acids is 1. The van der Waals surface area contributed by atoms with E-state index in [1.54, 1.807) is 4.90 Å². The van der Waals surface area contributed by atoms with Gasteiger partial charge in [-0.25, -0.2) is 4.79 Å². The van der Waals surface area contributed by atoms with Gasteiger partial charge in [0.05, 0.1) is 5.92 Å². The smallest absolute Gasteiger partial charge is 0.317 e. The molecule has 0 aromatic heterocycles. The molecule has 6 heteroatoms. The van der Waals surface area contributed by atoms with Gasteiger partial charge in [-0.1, -0.05) is 6.92 Å². The van der Waals surface area contributed by atoms with Crippen molar-refractivity contribution in [2.45, 2.75) is 32.2 Å². The van der Waals surface area contributed by atoms with Crippen molar-refractivity contribution < 1.29 is 19.4 Å². The number of hydrogen-bond acceptors (Lipinski definition) is 3. The Kier molecular flexibility index (Phi) is 3.99. The molecule has 2 aliphatic rings. The first kappa shape index (κ1) is 14.1. The van der Waals surface area contributed by atoms with Crippen LogP contribution in [0.5, 0.6) is 0 Å². The number of rotatable bonds is 2. The van der Waals surface area contributed by atoms with Gasteiger partial charge in [0.1, 0.15) is 0 Å². The molecule has 0 bridgehead atoms. The largest absolute Gasteiger partial charge is 0.481 e. The standard InChI is InChI=1S/C13H22N2O4/c1-9-7-15(8-10(9)11(16)17)12(18)14-13(2)3-5-19-6-4-13/h9-10H,3-8H2,1-2H3,(H,14,18)(H,16,17)/t9-,10-/m1/s1. The van der Waals surface area contributed by atoms with Crippen LogP contribution in [0.1, 0.15) is 26.7 Å². The highest BCUT2D eigenvalue weighted by atomic mass is 16.5. The molecule has 6 nitrogen and oxygen atoms in total. The predicted octanol–water partition coefficient (Wildman–Crippen LogP) is 0.918. The van der Waals surface area contributed by atoms with E-state index in [1.807, 2.05) is 13.8 Å². The summed E-state index contributed by atoms with van der Waals surface area (Å²) in [5.41, 5.74) is -0.236. The summed E-state index contributed by atoms with van der Waals surface area (Å²) in [6, 6.07) is -0.153. The number of hydrogen-bond donors (Lipinski definition) is 2. The molecule has 2 fully saturated rings. The fraction of sp³-hybridized carbons (Fsp3) is 0.846. The van der Waals surface area contributed by atoms with Crippen LogP contribution in [-0.4, -0.2) is 53.8 Å². The number of amides is 2. The van der Waals surface area contributed by atoms with Crippen LogP contribution in [0.25, 0.3) is 0 Å². The Balaban J connectivity index is 1.92. The maximum absolute atomic E-state index is 12.2. The van der Waals surface area contributed by atoms with E-state index in [0.29, 0.717) is 26.3 Å². The lowest BCUT2D eigenvalue weighted by Crippen LogP contribution is -2.53.